The number of likely N-dealkylation sites (N-methyl/N-ethyl adjacent to an activating group) is 1. The number of nitrogens with zero attached hydrogens (tertiary/aromatic N) is 5. The monoisotopic (exact) mass is 589 g/mol. The maximum atomic E-state index is 16.8. The second-order valence-electron chi connectivity index (χ2n) is 11.4. The van der Waals surface area contributed by atoms with E-state index < -0.39 is 17.2 Å². The van der Waals surface area contributed by atoms with Crippen LogP contribution < -0.4 is 9.64 Å². The van der Waals surface area contributed by atoms with Crippen molar-refractivity contribution >= 4 is 27.5 Å². The zero-order chi connectivity index (χ0) is 30.3. The minimum atomic E-state index is -1.21. The summed E-state index contributed by atoms with van der Waals surface area (Å²) in [6.07, 6.45) is 2.01. The number of phenolic OH excluding ortho intramolecular Hbond substituents is 1. The normalized spacial score (nSPS) is 21.2. The average Bonchev–Trinajstić information content (AvgIpc) is 3.29. The molecule has 4 heterocycles. The highest BCUT2D eigenvalue weighted by molar-refractivity contribution is 6.01. The molecule has 9 nitrogen and oxygen atoms in total. The van der Waals surface area contributed by atoms with Crippen LogP contribution in [0.3, 0.4) is 0 Å². The number of β-amino-alcohol motifs (C(OH)–C–C–N with tert-alkyl or cyclic N) is 1. The van der Waals surface area contributed by atoms with Gasteiger partial charge in [-0.05, 0) is 69.8 Å². The number of rotatable bonds is 5. The van der Waals surface area contributed by atoms with Crippen LogP contribution in [0.1, 0.15) is 32.4 Å². The molecule has 0 aliphatic carbocycles. The van der Waals surface area contributed by atoms with Gasteiger partial charge in [-0.1, -0.05) is 18.1 Å². The fourth-order valence-electron chi connectivity index (χ4n) is 5.91. The van der Waals surface area contributed by atoms with Gasteiger partial charge < -0.3 is 29.5 Å². The molecule has 2 aliphatic heterocycles. The molecule has 2 saturated heterocycles. The van der Waals surface area contributed by atoms with Crippen molar-refractivity contribution in [3.8, 4) is 34.9 Å². The first-order valence-corrected chi connectivity index (χ1v) is 14.3. The number of hydrogen-bond acceptors (Lipinski definition) is 9. The second kappa shape index (κ2) is 11.5. The lowest BCUT2D eigenvalue weighted by molar-refractivity contribution is -0.0123. The summed E-state index contributed by atoms with van der Waals surface area (Å²) in [5, 5.41) is 22.2. The Bertz CT molecular complexity index is 1770. The highest BCUT2D eigenvalue weighted by atomic mass is 19.1. The van der Waals surface area contributed by atoms with Gasteiger partial charge in [-0.3, -0.25) is 0 Å². The Kier molecular flexibility index (Phi) is 7.77. The van der Waals surface area contributed by atoms with Gasteiger partial charge in [0.1, 0.15) is 46.5 Å². The standard InChI is InChI=1S/C32H33F2N5O4/c1-4-7-24-26-29(27(34)28(35-24)22-15-21(40)14-19-8-5-10-23(33)25(19)22)36-31(43-16-20-9-6-11-38(20)3)37-30(26)39-12-13-42-18-32(2,41)17-39/h5,8,10,14-15,20,40-41H,6,9,11-13,16-18H2,1-3H3/t20-,32?/m0/s1. The summed E-state index contributed by atoms with van der Waals surface area (Å²) in [7, 11) is 2.03. The predicted molar refractivity (Wildman–Crippen MR) is 159 cm³/mol. The van der Waals surface area contributed by atoms with E-state index >= 15 is 8.78 Å². The zero-order valence-electron chi connectivity index (χ0n) is 24.3. The number of pyridine rings is 1. The molecule has 11 heteroatoms. The van der Waals surface area contributed by atoms with E-state index in [4.69, 9.17) is 14.5 Å². The molecule has 2 atom stereocenters. The third-order valence-corrected chi connectivity index (χ3v) is 7.98. The third kappa shape index (κ3) is 5.66. The van der Waals surface area contributed by atoms with Crippen molar-refractivity contribution in [3.63, 3.8) is 0 Å². The Labute approximate surface area is 248 Å². The Morgan fingerprint density at radius 2 is 2.00 bits per heavy atom. The van der Waals surface area contributed by atoms with Crippen LogP contribution in [0.2, 0.25) is 0 Å². The number of hydrogen-bond donors (Lipinski definition) is 2. The number of likely N-dealkylation sites (tertiary alicyclic amines) is 1. The fourth-order valence-corrected chi connectivity index (χ4v) is 5.91. The topological polar surface area (TPSA) is 104 Å². The van der Waals surface area contributed by atoms with Crippen molar-refractivity contribution in [2.45, 2.75) is 38.3 Å². The third-order valence-electron chi connectivity index (χ3n) is 7.98. The van der Waals surface area contributed by atoms with Crippen LogP contribution in [0.4, 0.5) is 14.6 Å². The molecule has 0 radical (unpaired) electrons. The maximum Gasteiger partial charge on any atom is 0.319 e. The van der Waals surface area contributed by atoms with Crippen molar-refractivity contribution < 1.29 is 28.5 Å². The first-order valence-electron chi connectivity index (χ1n) is 14.3. The summed E-state index contributed by atoms with van der Waals surface area (Å²) < 4.78 is 43.6. The summed E-state index contributed by atoms with van der Waals surface area (Å²) in [4.78, 5) is 17.8. The summed E-state index contributed by atoms with van der Waals surface area (Å²) in [6.45, 7) is 5.49. The fraction of sp³-hybridized carbons (Fsp3) is 0.406. The van der Waals surface area contributed by atoms with Gasteiger partial charge in [0.05, 0.1) is 25.1 Å². The van der Waals surface area contributed by atoms with Gasteiger partial charge in [0, 0.05) is 23.5 Å². The summed E-state index contributed by atoms with van der Waals surface area (Å²) in [6, 6.07) is 7.24. The van der Waals surface area contributed by atoms with Gasteiger partial charge in [0.2, 0.25) is 0 Å². The van der Waals surface area contributed by atoms with Gasteiger partial charge >= 0.3 is 6.01 Å². The molecule has 2 aromatic carbocycles. The van der Waals surface area contributed by atoms with Crippen molar-refractivity contribution in [1.29, 1.82) is 0 Å². The summed E-state index contributed by atoms with van der Waals surface area (Å²) >= 11 is 0. The van der Waals surface area contributed by atoms with Gasteiger partial charge in [-0.15, -0.1) is 0 Å². The second-order valence-corrected chi connectivity index (χ2v) is 11.4. The molecule has 0 amide bonds. The first-order chi connectivity index (χ1) is 20.6. The Morgan fingerprint density at radius 1 is 1.16 bits per heavy atom. The van der Waals surface area contributed by atoms with Gasteiger partial charge in [-0.2, -0.15) is 9.97 Å². The van der Waals surface area contributed by atoms with Gasteiger partial charge in [0.15, 0.2) is 5.82 Å². The Balaban J connectivity index is 1.61. The molecule has 0 saturated carbocycles. The first kappa shape index (κ1) is 29.0. The quantitative estimate of drug-likeness (QED) is 0.331. The number of aromatic nitrogens is 3. The molecule has 2 aliphatic rings. The van der Waals surface area contributed by atoms with E-state index in [1.165, 1.54) is 24.3 Å². The number of ether oxygens (including phenoxy) is 2. The van der Waals surface area contributed by atoms with Crippen LogP contribution in [0.25, 0.3) is 32.9 Å². The van der Waals surface area contributed by atoms with Gasteiger partial charge in [0.25, 0.3) is 0 Å². The molecule has 0 spiro atoms. The molecule has 224 valence electrons. The van der Waals surface area contributed by atoms with Crippen LogP contribution in [0, 0.1) is 23.5 Å². The van der Waals surface area contributed by atoms with Gasteiger partial charge in [-0.25, -0.2) is 13.8 Å². The Morgan fingerprint density at radius 3 is 2.77 bits per heavy atom. The SMILES string of the molecule is CC#Cc1nc(-c2cc(O)cc3cccc(F)c23)c(F)c2nc(OC[C@@H]3CCCN3C)nc(N3CCOCC(C)(O)C3)c12. The zero-order valence-corrected chi connectivity index (χ0v) is 24.3. The minimum absolute atomic E-state index is 0.0361. The van der Waals surface area contributed by atoms with E-state index in [1.54, 1.807) is 24.8 Å². The number of benzene rings is 2. The molecule has 6 rings (SSSR count). The molecule has 2 fully saturated rings. The lowest BCUT2D eigenvalue weighted by atomic mass is 9.99. The smallest absolute Gasteiger partial charge is 0.319 e. The molecular formula is C32H33F2N5O4. The van der Waals surface area contributed by atoms with Crippen LogP contribution in [-0.4, -0.2) is 88.2 Å². The number of fused-ring (bicyclic) bond motifs is 2. The predicted octanol–water partition coefficient (Wildman–Crippen LogP) is 4.26. The van der Waals surface area contributed by atoms with E-state index in [-0.39, 0.29) is 64.2 Å². The molecule has 1 unspecified atom stereocenters. The highest BCUT2D eigenvalue weighted by Gasteiger charge is 2.32. The van der Waals surface area contributed by atoms with Crippen LogP contribution >= 0.6 is 0 Å². The Hall–Kier alpha value is -4.11. The number of phenols is 1. The lowest BCUT2D eigenvalue weighted by Crippen LogP contribution is -2.42. The largest absolute Gasteiger partial charge is 0.508 e. The van der Waals surface area contributed by atoms with E-state index in [9.17, 15) is 10.2 Å². The van der Waals surface area contributed by atoms with Crippen LogP contribution in [0.15, 0.2) is 30.3 Å². The molecular weight excluding hydrogens is 556 g/mol. The van der Waals surface area contributed by atoms with E-state index in [2.05, 4.69) is 26.7 Å². The van der Waals surface area contributed by atoms with Crippen LogP contribution in [-0.2, 0) is 4.74 Å². The van der Waals surface area contributed by atoms with Crippen molar-refractivity contribution in [2.75, 3.05) is 51.4 Å². The number of halogens is 2. The lowest BCUT2D eigenvalue weighted by Gasteiger charge is -2.29. The number of aliphatic hydroxyl groups is 1. The minimum Gasteiger partial charge on any atom is -0.508 e. The molecule has 2 aromatic heterocycles. The van der Waals surface area contributed by atoms with Crippen molar-refractivity contribution in [2.24, 2.45) is 0 Å². The number of aromatic hydroxyl groups is 1. The summed E-state index contributed by atoms with van der Waals surface area (Å²) in [5.41, 5.74) is -1.30. The van der Waals surface area contributed by atoms with Crippen molar-refractivity contribution in [1.82, 2.24) is 19.9 Å². The molecule has 43 heavy (non-hydrogen) atoms. The van der Waals surface area contributed by atoms with E-state index in [0.717, 1.165) is 19.4 Å². The molecule has 4 aromatic rings. The average molecular weight is 590 g/mol. The highest BCUT2D eigenvalue weighted by Crippen LogP contribution is 2.39. The molecule has 0 bridgehead atoms. The van der Waals surface area contributed by atoms with Crippen molar-refractivity contribution in [3.05, 3.63) is 47.7 Å². The van der Waals surface area contributed by atoms with E-state index in [0.29, 0.717) is 31.0 Å². The number of anilines is 1. The van der Waals surface area contributed by atoms with E-state index in [1.807, 2.05) is 7.05 Å². The maximum absolute atomic E-state index is 16.8. The molecule has 2 N–H and O–H groups in total. The summed E-state index contributed by atoms with van der Waals surface area (Å²) in [5.74, 6) is 4.49. The van der Waals surface area contributed by atoms with Crippen LogP contribution in [0.5, 0.6) is 11.8 Å².